The molecule has 2 atom stereocenters. The maximum absolute atomic E-state index is 13.0. The van der Waals surface area contributed by atoms with Gasteiger partial charge in [0.05, 0.1) is 11.7 Å². The van der Waals surface area contributed by atoms with Crippen LogP contribution in [0.4, 0.5) is 5.69 Å². The second kappa shape index (κ2) is 14.6. The second-order valence-corrected chi connectivity index (χ2v) is 10.3. The fraction of sp³-hybridized carbons (Fsp3) is 0.630. The number of hydrogen-bond donors (Lipinski definition) is 5. The average molecular weight is 514 g/mol. The topological polar surface area (TPSA) is 169 Å². The van der Waals surface area contributed by atoms with Crippen molar-refractivity contribution in [3.8, 4) is 0 Å². The van der Waals surface area contributed by atoms with E-state index >= 15 is 0 Å². The van der Waals surface area contributed by atoms with E-state index in [0.717, 1.165) is 24.9 Å². The van der Waals surface area contributed by atoms with Gasteiger partial charge in [-0.05, 0) is 55.7 Å². The molecule has 1 heterocycles. The van der Waals surface area contributed by atoms with Gasteiger partial charge >= 0.3 is 0 Å². The van der Waals surface area contributed by atoms with Gasteiger partial charge in [0.15, 0.2) is 5.96 Å². The van der Waals surface area contributed by atoms with Gasteiger partial charge in [0.2, 0.25) is 17.7 Å². The molecular weight excluding hydrogens is 470 g/mol. The number of carbonyl (C=O) groups excluding carboxylic acids is 3. The molecule has 204 valence electrons. The number of likely N-dealkylation sites (tertiary alicyclic amines) is 1. The van der Waals surface area contributed by atoms with E-state index in [-0.39, 0.29) is 23.7 Å². The first-order valence-corrected chi connectivity index (χ1v) is 13.6. The van der Waals surface area contributed by atoms with E-state index in [0.29, 0.717) is 50.4 Å². The fourth-order valence-corrected chi connectivity index (χ4v) is 5.17. The van der Waals surface area contributed by atoms with Gasteiger partial charge in [0, 0.05) is 26.1 Å². The quantitative estimate of drug-likeness (QED) is 0.152. The number of benzene rings is 1. The minimum absolute atomic E-state index is 0.0223. The van der Waals surface area contributed by atoms with Crippen LogP contribution in [0.2, 0.25) is 0 Å². The Morgan fingerprint density at radius 1 is 1.05 bits per heavy atom. The molecule has 0 spiro atoms. The first-order chi connectivity index (χ1) is 17.8. The summed E-state index contributed by atoms with van der Waals surface area (Å²) in [6, 6.07) is 5.75. The predicted molar refractivity (Wildman–Crippen MR) is 145 cm³/mol. The normalized spacial score (nSPS) is 17.8. The lowest BCUT2D eigenvalue weighted by molar-refractivity contribution is -0.130. The second-order valence-electron chi connectivity index (χ2n) is 10.3. The first kappa shape index (κ1) is 28.4. The maximum atomic E-state index is 13.0. The van der Waals surface area contributed by atoms with Gasteiger partial charge in [-0.3, -0.25) is 14.4 Å². The summed E-state index contributed by atoms with van der Waals surface area (Å²) in [5.74, 6) is 0.222. The minimum atomic E-state index is -0.792. The summed E-state index contributed by atoms with van der Waals surface area (Å²) in [5.41, 5.74) is 18.5. The Labute approximate surface area is 219 Å². The largest absolute Gasteiger partial charge is 0.370 e. The van der Waals surface area contributed by atoms with Crippen LogP contribution in [0.15, 0.2) is 29.3 Å². The van der Waals surface area contributed by atoms with Crippen LogP contribution in [0.1, 0.15) is 69.8 Å². The van der Waals surface area contributed by atoms with E-state index in [1.807, 2.05) is 17.0 Å². The highest BCUT2D eigenvalue weighted by molar-refractivity contribution is 5.89. The third-order valence-electron chi connectivity index (χ3n) is 7.28. The third kappa shape index (κ3) is 9.68. The zero-order chi connectivity index (χ0) is 26.6. The smallest absolute Gasteiger partial charge is 0.242 e. The zero-order valence-electron chi connectivity index (χ0n) is 21.8. The molecule has 2 aliphatic rings. The summed E-state index contributed by atoms with van der Waals surface area (Å²) in [4.78, 5) is 43.6. The Bertz CT molecular complexity index is 924. The molecule has 3 rings (SSSR count). The van der Waals surface area contributed by atoms with Crippen LogP contribution in [0, 0.1) is 5.92 Å². The predicted octanol–water partition coefficient (Wildman–Crippen LogP) is 1.44. The van der Waals surface area contributed by atoms with Gasteiger partial charge in [-0.15, -0.1) is 0 Å². The minimum Gasteiger partial charge on any atom is -0.370 e. The molecule has 10 nitrogen and oxygen atoms in total. The number of guanidine groups is 1. The van der Waals surface area contributed by atoms with Crippen LogP contribution >= 0.6 is 0 Å². The van der Waals surface area contributed by atoms with Crippen LogP contribution in [0.25, 0.3) is 0 Å². The van der Waals surface area contributed by atoms with Gasteiger partial charge in [-0.2, -0.15) is 0 Å². The molecule has 0 bridgehead atoms. The van der Waals surface area contributed by atoms with Crippen molar-refractivity contribution in [2.24, 2.45) is 28.1 Å². The summed E-state index contributed by atoms with van der Waals surface area (Å²) < 4.78 is 0. The van der Waals surface area contributed by atoms with Gasteiger partial charge < -0.3 is 32.7 Å². The Balaban J connectivity index is 1.52. The molecule has 1 saturated heterocycles. The molecule has 1 aliphatic heterocycles. The first-order valence-electron chi connectivity index (χ1n) is 13.6. The van der Waals surface area contributed by atoms with E-state index in [9.17, 15) is 14.4 Å². The summed E-state index contributed by atoms with van der Waals surface area (Å²) in [6.45, 7) is 1.90. The molecule has 1 aromatic rings. The highest BCUT2D eigenvalue weighted by Gasteiger charge is 2.26. The Morgan fingerprint density at radius 3 is 2.43 bits per heavy atom. The van der Waals surface area contributed by atoms with Gasteiger partial charge in [-0.1, -0.05) is 44.2 Å². The highest BCUT2D eigenvalue weighted by atomic mass is 16.2. The number of nitrogens with one attached hydrogen (secondary N) is 2. The molecule has 0 radical (unpaired) electrons. The van der Waals surface area contributed by atoms with Crippen molar-refractivity contribution in [1.29, 1.82) is 0 Å². The molecular formula is C27H43N7O3. The standard InChI is InChI=1S/C27H43N7O3/c28-22(18-20-9-12-21(13-10-20)32-27(29)30)25(36)33-23(14-11-19-6-2-1-3-7-19)26(37)31-15-5-17-34-16-4-8-24(34)35/h9-10,12-13,19,22-23H,1-8,11,14-18,28H2,(H,31,37)(H,33,36)(H4,29,30,32)/t22-,23-/m0/s1. The van der Waals surface area contributed by atoms with Crippen LogP contribution < -0.4 is 27.8 Å². The monoisotopic (exact) mass is 513 g/mol. The van der Waals surface area contributed by atoms with Crippen LogP contribution in [-0.2, 0) is 20.8 Å². The van der Waals surface area contributed by atoms with Crippen molar-refractivity contribution in [1.82, 2.24) is 15.5 Å². The number of rotatable bonds is 13. The molecule has 0 aromatic heterocycles. The SMILES string of the molecule is NC(N)=Nc1ccc(C[C@H](N)C(=O)N[C@@H](CCC2CCCCC2)C(=O)NCCCN2CCCC2=O)cc1. The molecule has 37 heavy (non-hydrogen) atoms. The van der Waals surface area contributed by atoms with Gasteiger partial charge in [0.25, 0.3) is 0 Å². The molecule has 1 aliphatic carbocycles. The number of carbonyl (C=O) groups is 3. The van der Waals surface area contributed by atoms with E-state index in [4.69, 9.17) is 17.2 Å². The number of amides is 3. The van der Waals surface area contributed by atoms with Crippen molar-refractivity contribution in [3.63, 3.8) is 0 Å². The number of nitrogens with zero attached hydrogens (tertiary/aromatic N) is 2. The Morgan fingerprint density at radius 2 is 1.78 bits per heavy atom. The molecule has 10 heteroatoms. The summed E-state index contributed by atoms with van der Waals surface area (Å²) >= 11 is 0. The molecule has 2 fully saturated rings. The Hall–Kier alpha value is -3.14. The summed E-state index contributed by atoms with van der Waals surface area (Å²) in [6.07, 6.45) is 10.1. The Kier molecular flexibility index (Phi) is 11.2. The van der Waals surface area contributed by atoms with Crippen molar-refractivity contribution >= 4 is 29.4 Å². The van der Waals surface area contributed by atoms with Crippen molar-refractivity contribution in [2.45, 2.75) is 82.7 Å². The van der Waals surface area contributed by atoms with Crippen molar-refractivity contribution in [3.05, 3.63) is 29.8 Å². The van der Waals surface area contributed by atoms with Crippen LogP contribution in [-0.4, -0.2) is 60.3 Å². The van der Waals surface area contributed by atoms with E-state index < -0.39 is 12.1 Å². The lowest BCUT2D eigenvalue weighted by Crippen LogP contribution is -2.52. The fourth-order valence-electron chi connectivity index (χ4n) is 5.17. The van der Waals surface area contributed by atoms with E-state index in [1.54, 1.807) is 12.1 Å². The van der Waals surface area contributed by atoms with Crippen LogP contribution in [0.5, 0.6) is 0 Å². The lowest BCUT2D eigenvalue weighted by atomic mass is 9.85. The molecule has 1 aromatic carbocycles. The average Bonchev–Trinajstić information content (AvgIpc) is 3.30. The molecule has 8 N–H and O–H groups in total. The van der Waals surface area contributed by atoms with Crippen molar-refractivity contribution < 1.29 is 14.4 Å². The van der Waals surface area contributed by atoms with Crippen molar-refractivity contribution in [2.75, 3.05) is 19.6 Å². The molecule has 0 unspecified atom stereocenters. The number of nitrogens with two attached hydrogens (primary N) is 3. The van der Waals surface area contributed by atoms with E-state index in [2.05, 4.69) is 15.6 Å². The number of hydrogen-bond acceptors (Lipinski definition) is 5. The number of aliphatic imine (C=N–C) groups is 1. The highest BCUT2D eigenvalue weighted by Crippen LogP contribution is 2.27. The molecule has 1 saturated carbocycles. The van der Waals surface area contributed by atoms with Gasteiger partial charge in [0.1, 0.15) is 6.04 Å². The summed E-state index contributed by atoms with van der Waals surface area (Å²) in [7, 11) is 0. The third-order valence-corrected chi connectivity index (χ3v) is 7.28. The molecule has 3 amide bonds. The maximum Gasteiger partial charge on any atom is 0.242 e. The zero-order valence-corrected chi connectivity index (χ0v) is 21.8. The summed E-state index contributed by atoms with van der Waals surface area (Å²) in [5, 5.41) is 5.87. The lowest BCUT2D eigenvalue weighted by Gasteiger charge is -2.25. The van der Waals surface area contributed by atoms with Crippen LogP contribution in [0.3, 0.4) is 0 Å². The van der Waals surface area contributed by atoms with Gasteiger partial charge in [-0.25, -0.2) is 4.99 Å². The van der Waals surface area contributed by atoms with E-state index in [1.165, 1.54) is 32.1 Å².